The summed E-state index contributed by atoms with van der Waals surface area (Å²) >= 11 is 1.48. The number of rotatable bonds is 7. The molecule has 2 aliphatic rings. The average molecular weight is 461 g/mol. The number of ether oxygens (including phenoxy) is 1. The molecule has 1 aromatic carbocycles. The summed E-state index contributed by atoms with van der Waals surface area (Å²) in [5.74, 6) is 1.41. The van der Waals surface area contributed by atoms with Crippen molar-refractivity contribution in [1.29, 1.82) is 0 Å². The highest BCUT2D eigenvalue weighted by Crippen LogP contribution is 2.40. The monoisotopic (exact) mass is 460 g/mol. The molecule has 0 radical (unpaired) electrons. The van der Waals surface area contributed by atoms with Crippen LogP contribution in [-0.2, 0) is 27.9 Å². The zero-order valence-electron chi connectivity index (χ0n) is 16.7. The molecule has 0 atom stereocenters. The van der Waals surface area contributed by atoms with Gasteiger partial charge in [-0.15, -0.1) is 11.3 Å². The molecule has 3 aromatic rings. The highest BCUT2D eigenvalue weighted by molar-refractivity contribution is 7.89. The van der Waals surface area contributed by atoms with E-state index in [-0.39, 0.29) is 30.5 Å². The maximum atomic E-state index is 12.9. The molecule has 0 spiro atoms. The Labute approximate surface area is 183 Å². The van der Waals surface area contributed by atoms with Gasteiger partial charge in [0.25, 0.3) is 5.91 Å². The van der Waals surface area contributed by atoms with Crippen molar-refractivity contribution in [3.8, 4) is 5.75 Å². The molecule has 31 heavy (non-hydrogen) atoms. The van der Waals surface area contributed by atoms with E-state index in [1.807, 2.05) is 17.5 Å². The maximum absolute atomic E-state index is 12.9. The van der Waals surface area contributed by atoms with Crippen molar-refractivity contribution in [2.45, 2.75) is 43.7 Å². The molecule has 1 aliphatic heterocycles. The van der Waals surface area contributed by atoms with Crippen molar-refractivity contribution in [1.82, 2.24) is 14.9 Å². The van der Waals surface area contributed by atoms with Gasteiger partial charge in [0, 0.05) is 23.4 Å². The second-order valence-corrected chi connectivity index (χ2v) is 10.3. The fourth-order valence-corrected chi connectivity index (χ4v) is 5.40. The summed E-state index contributed by atoms with van der Waals surface area (Å²) in [6.45, 7) is 1.85. The standard InChI is InChI=1S/C20H20N4O5S2/c1-12-7-15-16(8-17(12)31(26,27)21-9-14-3-2-6-30-14)28-11-19(25)24(15)10-18-22-20(29-23-18)13-4-5-13/h2-3,6-8,13,21H,4-5,9-11H2,1H3. The number of hydrogen-bond donors (Lipinski definition) is 1. The van der Waals surface area contributed by atoms with Gasteiger partial charge in [0.05, 0.1) is 17.1 Å². The summed E-state index contributed by atoms with van der Waals surface area (Å²) < 4.78 is 39.2. The Kier molecular flexibility index (Phi) is 5.03. The van der Waals surface area contributed by atoms with Crippen LogP contribution in [0.1, 0.15) is 40.9 Å². The first-order chi connectivity index (χ1) is 14.9. The Morgan fingerprint density at radius 2 is 2.16 bits per heavy atom. The molecule has 0 saturated heterocycles. The summed E-state index contributed by atoms with van der Waals surface area (Å²) in [4.78, 5) is 19.4. The lowest BCUT2D eigenvalue weighted by atomic mass is 10.1. The number of nitrogens with zero attached hydrogens (tertiary/aromatic N) is 3. The first-order valence-electron chi connectivity index (χ1n) is 9.83. The van der Waals surface area contributed by atoms with Crippen molar-refractivity contribution in [3.63, 3.8) is 0 Å². The first kappa shape index (κ1) is 20.2. The number of carbonyl (C=O) groups excluding carboxylic acids is 1. The predicted octanol–water partition coefficient (Wildman–Crippen LogP) is 2.72. The molecule has 1 saturated carbocycles. The molecule has 0 bridgehead atoms. The van der Waals surface area contributed by atoms with Crippen LogP contribution in [0.4, 0.5) is 5.69 Å². The summed E-state index contributed by atoms with van der Waals surface area (Å²) in [5, 5.41) is 5.87. The number of benzene rings is 1. The molecule has 5 rings (SSSR count). The van der Waals surface area contributed by atoms with Crippen LogP contribution in [0, 0.1) is 6.92 Å². The second kappa shape index (κ2) is 7.74. The van der Waals surface area contributed by atoms with Crippen LogP contribution in [0.2, 0.25) is 0 Å². The molecular formula is C20H20N4O5S2. The van der Waals surface area contributed by atoms with Crippen LogP contribution in [0.3, 0.4) is 0 Å². The Hall–Kier alpha value is -2.76. The largest absolute Gasteiger partial charge is 0.482 e. The highest BCUT2D eigenvalue weighted by atomic mass is 32.2. The molecule has 11 heteroatoms. The zero-order chi connectivity index (χ0) is 21.6. The highest BCUT2D eigenvalue weighted by Gasteiger charge is 2.32. The third-order valence-electron chi connectivity index (χ3n) is 5.22. The van der Waals surface area contributed by atoms with Gasteiger partial charge < -0.3 is 9.26 Å². The van der Waals surface area contributed by atoms with Crippen LogP contribution in [-0.4, -0.2) is 31.1 Å². The number of anilines is 1. The van der Waals surface area contributed by atoms with Gasteiger partial charge in [-0.2, -0.15) is 4.98 Å². The van der Waals surface area contributed by atoms with Crippen molar-refractivity contribution < 1.29 is 22.5 Å². The third kappa shape index (κ3) is 4.08. The minimum absolute atomic E-state index is 0.118. The summed E-state index contributed by atoms with van der Waals surface area (Å²) in [6.07, 6.45) is 2.08. The number of hydrogen-bond acceptors (Lipinski definition) is 8. The van der Waals surface area contributed by atoms with E-state index in [9.17, 15) is 13.2 Å². The lowest BCUT2D eigenvalue weighted by Gasteiger charge is -2.29. The predicted molar refractivity (Wildman–Crippen MR) is 112 cm³/mol. The molecule has 9 nitrogen and oxygen atoms in total. The van der Waals surface area contributed by atoms with Crippen molar-refractivity contribution >= 4 is 33.0 Å². The molecule has 1 N–H and O–H groups in total. The van der Waals surface area contributed by atoms with Crippen LogP contribution >= 0.6 is 11.3 Å². The van der Waals surface area contributed by atoms with Crippen molar-refractivity contribution in [3.05, 3.63) is 51.8 Å². The molecule has 2 aromatic heterocycles. The lowest BCUT2D eigenvalue weighted by Crippen LogP contribution is -2.38. The van der Waals surface area contributed by atoms with Gasteiger partial charge in [-0.1, -0.05) is 11.2 Å². The Bertz CT molecular complexity index is 1230. The Balaban J connectivity index is 1.41. The minimum atomic E-state index is -3.76. The number of nitrogens with one attached hydrogen (secondary N) is 1. The van der Waals surface area contributed by atoms with Gasteiger partial charge >= 0.3 is 0 Å². The van der Waals surface area contributed by atoms with Gasteiger partial charge in [-0.05, 0) is 42.8 Å². The molecule has 162 valence electrons. The van der Waals surface area contributed by atoms with E-state index in [4.69, 9.17) is 9.26 Å². The number of thiophene rings is 1. The Morgan fingerprint density at radius 1 is 1.32 bits per heavy atom. The normalized spacial score (nSPS) is 16.3. The van der Waals surface area contributed by atoms with Gasteiger partial charge in [0.1, 0.15) is 5.75 Å². The van der Waals surface area contributed by atoms with E-state index in [1.165, 1.54) is 22.3 Å². The van der Waals surface area contributed by atoms with Gasteiger partial charge in [-0.3, -0.25) is 9.69 Å². The zero-order valence-corrected chi connectivity index (χ0v) is 18.3. The summed E-state index contributed by atoms with van der Waals surface area (Å²) in [5.41, 5.74) is 0.997. The fraction of sp³-hybridized carbons (Fsp3) is 0.350. The molecular weight excluding hydrogens is 440 g/mol. The topological polar surface area (TPSA) is 115 Å². The van der Waals surface area contributed by atoms with Crippen LogP contribution in [0.25, 0.3) is 0 Å². The lowest BCUT2D eigenvalue weighted by molar-refractivity contribution is -0.121. The van der Waals surface area contributed by atoms with Crippen LogP contribution in [0.5, 0.6) is 5.75 Å². The minimum Gasteiger partial charge on any atom is -0.482 e. The third-order valence-corrected chi connectivity index (χ3v) is 7.64. The number of aromatic nitrogens is 2. The summed E-state index contributed by atoms with van der Waals surface area (Å²) in [7, 11) is -3.76. The van der Waals surface area contributed by atoms with E-state index in [1.54, 1.807) is 13.0 Å². The van der Waals surface area contributed by atoms with E-state index in [0.717, 1.165) is 17.7 Å². The molecule has 3 heterocycles. The number of aryl methyl sites for hydroxylation is 1. The fourth-order valence-electron chi connectivity index (χ4n) is 3.42. The molecule has 1 amide bonds. The smallest absolute Gasteiger partial charge is 0.265 e. The van der Waals surface area contributed by atoms with Gasteiger partial charge in [0.2, 0.25) is 15.9 Å². The number of carbonyl (C=O) groups is 1. The van der Waals surface area contributed by atoms with Crippen molar-refractivity contribution in [2.75, 3.05) is 11.5 Å². The van der Waals surface area contributed by atoms with Gasteiger partial charge in [-0.25, -0.2) is 13.1 Å². The maximum Gasteiger partial charge on any atom is 0.265 e. The first-order valence-corrected chi connectivity index (χ1v) is 12.2. The van der Waals surface area contributed by atoms with E-state index >= 15 is 0 Å². The van der Waals surface area contributed by atoms with E-state index < -0.39 is 10.0 Å². The number of sulfonamides is 1. The number of amides is 1. The average Bonchev–Trinajstić information content (AvgIpc) is 3.25. The molecule has 1 aliphatic carbocycles. The summed E-state index contributed by atoms with van der Waals surface area (Å²) in [6, 6.07) is 6.85. The quantitative estimate of drug-likeness (QED) is 0.576. The molecule has 1 fully saturated rings. The number of fused-ring (bicyclic) bond motifs is 1. The Morgan fingerprint density at radius 3 is 2.90 bits per heavy atom. The van der Waals surface area contributed by atoms with E-state index in [0.29, 0.717) is 34.6 Å². The van der Waals surface area contributed by atoms with Crippen LogP contribution in [0.15, 0.2) is 39.1 Å². The SMILES string of the molecule is Cc1cc2c(cc1S(=O)(=O)NCc1cccs1)OCC(=O)N2Cc1noc(C2CC2)n1. The van der Waals surface area contributed by atoms with Crippen molar-refractivity contribution in [2.24, 2.45) is 0 Å². The molecule has 0 unspecified atom stereocenters. The van der Waals surface area contributed by atoms with Gasteiger partial charge in [0.15, 0.2) is 12.4 Å². The second-order valence-electron chi connectivity index (χ2n) is 7.58. The van der Waals surface area contributed by atoms with E-state index in [2.05, 4.69) is 14.9 Å². The van der Waals surface area contributed by atoms with Crippen LogP contribution < -0.4 is 14.4 Å².